The largest absolute Gasteiger partial charge is 0.248 e. The summed E-state index contributed by atoms with van der Waals surface area (Å²) in [5.74, 6) is -1.96. The summed E-state index contributed by atoms with van der Waals surface area (Å²) < 4.78 is 23.7. The SMILES string of the molecule is Cl.Fc1cccnc1F. The standard InChI is InChI=1S/C5H3F2N.ClH/c6-4-2-1-3-8-5(4)7;/h1-3H;1H. The van der Waals surface area contributed by atoms with E-state index in [1.807, 2.05) is 0 Å². The van der Waals surface area contributed by atoms with Gasteiger partial charge in [0.25, 0.3) is 0 Å². The van der Waals surface area contributed by atoms with Gasteiger partial charge < -0.3 is 0 Å². The average Bonchev–Trinajstić information content (AvgIpc) is 1.77. The van der Waals surface area contributed by atoms with Crippen LogP contribution in [0.15, 0.2) is 18.3 Å². The molecule has 1 rings (SSSR count). The molecular weight excluding hydrogens is 148 g/mol. The van der Waals surface area contributed by atoms with Gasteiger partial charge in [-0.3, -0.25) is 0 Å². The predicted octanol–water partition coefficient (Wildman–Crippen LogP) is 1.78. The van der Waals surface area contributed by atoms with Crippen molar-refractivity contribution in [3.63, 3.8) is 0 Å². The summed E-state index contributed by atoms with van der Waals surface area (Å²) in [6, 6.07) is 2.35. The third-order valence-electron chi connectivity index (χ3n) is 0.714. The van der Waals surface area contributed by atoms with Gasteiger partial charge in [0, 0.05) is 6.20 Å². The summed E-state index contributed by atoms with van der Waals surface area (Å²) in [7, 11) is 0. The summed E-state index contributed by atoms with van der Waals surface area (Å²) >= 11 is 0. The summed E-state index contributed by atoms with van der Waals surface area (Å²) in [4.78, 5) is 3.04. The van der Waals surface area contributed by atoms with Crippen molar-refractivity contribution in [1.82, 2.24) is 4.98 Å². The molecule has 9 heavy (non-hydrogen) atoms. The second-order valence-electron chi connectivity index (χ2n) is 1.28. The van der Waals surface area contributed by atoms with Crippen molar-refractivity contribution in [2.24, 2.45) is 0 Å². The van der Waals surface area contributed by atoms with E-state index in [4.69, 9.17) is 0 Å². The van der Waals surface area contributed by atoms with Crippen LogP contribution in [-0.2, 0) is 0 Å². The topological polar surface area (TPSA) is 12.9 Å². The Labute approximate surface area is 57.1 Å². The van der Waals surface area contributed by atoms with Crippen molar-refractivity contribution in [2.75, 3.05) is 0 Å². The Morgan fingerprint density at radius 1 is 1.33 bits per heavy atom. The van der Waals surface area contributed by atoms with Crippen LogP contribution in [0.1, 0.15) is 0 Å². The molecule has 1 aromatic heterocycles. The molecule has 50 valence electrons. The second-order valence-corrected chi connectivity index (χ2v) is 1.28. The van der Waals surface area contributed by atoms with Crippen LogP contribution < -0.4 is 0 Å². The van der Waals surface area contributed by atoms with Crippen LogP contribution in [0.4, 0.5) is 8.78 Å². The fourth-order valence-corrected chi connectivity index (χ4v) is 0.366. The van der Waals surface area contributed by atoms with Gasteiger partial charge in [-0.05, 0) is 12.1 Å². The van der Waals surface area contributed by atoms with Gasteiger partial charge in [-0.2, -0.15) is 4.39 Å². The maximum Gasteiger partial charge on any atom is 0.248 e. The monoisotopic (exact) mass is 151 g/mol. The number of nitrogens with zero attached hydrogens (tertiary/aromatic N) is 1. The van der Waals surface area contributed by atoms with Gasteiger partial charge >= 0.3 is 0 Å². The van der Waals surface area contributed by atoms with E-state index >= 15 is 0 Å². The third-order valence-corrected chi connectivity index (χ3v) is 0.714. The minimum Gasteiger partial charge on any atom is -0.226 e. The molecule has 1 aromatic rings. The van der Waals surface area contributed by atoms with Crippen molar-refractivity contribution >= 4 is 12.4 Å². The molecule has 0 N–H and O–H groups in total. The molecule has 0 saturated carbocycles. The molecule has 0 aliphatic carbocycles. The first-order valence-corrected chi connectivity index (χ1v) is 2.07. The summed E-state index contributed by atoms with van der Waals surface area (Å²) in [6.45, 7) is 0. The second kappa shape index (κ2) is 3.35. The Kier molecular flexibility index (Phi) is 3.09. The van der Waals surface area contributed by atoms with Crippen molar-refractivity contribution in [3.05, 3.63) is 30.1 Å². The van der Waals surface area contributed by atoms with E-state index in [-0.39, 0.29) is 12.4 Å². The number of halogens is 3. The Hall–Kier alpha value is -0.700. The van der Waals surface area contributed by atoms with Crippen LogP contribution in [0.2, 0.25) is 0 Å². The minimum atomic E-state index is -1.05. The van der Waals surface area contributed by atoms with Crippen molar-refractivity contribution in [1.29, 1.82) is 0 Å². The first kappa shape index (κ1) is 8.30. The maximum absolute atomic E-state index is 11.9. The van der Waals surface area contributed by atoms with E-state index in [2.05, 4.69) is 4.98 Å². The van der Waals surface area contributed by atoms with Crippen LogP contribution in [0.3, 0.4) is 0 Å². The van der Waals surface area contributed by atoms with Gasteiger partial charge in [0.05, 0.1) is 0 Å². The zero-order valence-electron chi connectivity index (χ0n) is 4.34. The van der Waals surface area contributed by atoms with Gasteiger partial charge in [-0.15, -0.1) is 12.4 Å². The van der Waals surface area contributed by atoms with Gasteiger partial charge in [-0.1, -0.05) is 0 Å². The van der Waals surface area contributed by atoms with Gasteiger partial charge in [0.15, 0.2) is 5.82 Å². The van der Waals surface area contributed by atoms with Crippen LogP contribution in [0, 0.1) is 11.8 Å². The minimum absolute atomic E-state index is 0. The lowest BCUT2D eigenvalue weighted by molar-refractivity contribution is 0.479. The fraction of sp³-hybridized carbons (Fsp3) is 0. The molecule has 0 aliphatic rings. The molecule has 0 bridgehead atoms. The highest BCUT2D eigenvalue weighted by atomic mass is 35.5. The van der Waals surface area contributed by atoms with Gasteiger partial charge in [0.1, 0.15) is 0 Å². The molecule has 1 heterocycles. The van der Waals surface area contributed by atoms with Crippen LogP contribution in [0.25, 0.3) is 0 Å². The number of hydrogen-bond donors (Lipinski definition) is 0. The van der Waals surface area contributed by atoms with E-state index in [1.165, 1.54) is 12.3 Å². The van der Waals surface area contributed by atoms with E-state index in [9.17, 15) is 8.78 Å². The quantitative estimate of drug-likeness (QED) is 0.515. The molecule has 0 unspecified atom stereocenters. The maximum atomic E-state index is 11.9. The normalized spacial score (nSPS) is 8.22. The molecule has 0 amide bonds. The van der Waals surface area contributed by atoms with E-state index < -0.39 is 11.8 Å². The predicted molar refractivity (Wildman–Crippen MR) is 31.4 cm³/mol. The molecule has 0 aromatic carbocycles. The van der Waals surface area contributed by atoms with Crippen molar-refractivity contribution < 1.29 is 8.78 Å². The number of hydrogen-bond acceptors (Lipinski definition) is 1. The first-order valence-electron chi connectivity index (χ1n) is 2.07. The smallest absolute Gasteiger partial charge is 0.226 e. The lowest BCUT2D eigenvalue weighted by Crippen LogP contribution is -1.84. The molecular formula is C5H4ClF2N. The first-order chi connectivity index (χ1) is 3.80. The average molecular weight is 152 g/mol. The van der Waals surface area contributed by atoms with Crippen molar-refractivity contribution in [2.45, 2.75) is 0 Å². The molecule has 0 radical (unpaired) electrons. The molecule has 0 atom stereocenters. The molecule has 1 nitrogen and oxygen atoms in total. The highest BCUT2D eigenvalue weighted by Gasteiger charge is 1.95. The lowest BCUT2D eigenvalue weighted by atomic mass is 10.5. The van der Waals surface area contributed by atoms with E-state index in [0.717, 1.165) is 6.07 Å². The Bertz CT molecular complexity index is 171. The Balaban J connectivity index is 0.000000640. The molecule has 0 aliphatic heterocycles. The highest BCUT2D eigenvalue weighted by Crippen LogP contribution is 1.97. The van der Waals surface area contributed by atoms with Gasteiger partial charge in [-0.25, -0.2) is 9.37 Å². The Morgan fingerprint density at radius 2 is 2.00 bits per heavy atom. The molecule has 0 saturated heterocycles. The van der Waals surface area contributed by atoms with Gasteiger partial charge in [0.2, 0.25) is 5.95 Å². The third kappa shape index (κ3) is 1.93. The number of rotatable bonds is 0. The van der Waals surface area contributed by atoms with E-state index in [0.29, 0.717) is 0 Å². The fourth-order valence-electron chi connectivity index (χ4n) is 0.366. The van der Waals surface area contributed by atoms with Crippen LogP contribution >= 0.6 is 12.4 Å². The summed E-state index contributed by atoms with van der Waals surface area (Å²) in [6.07, 6.45) is 1.19. The lowest BCUT2D eigenvalue weighted by Gasteiger charge is -1.84. The number of aromatic nitrogens is 1. The Morgan fingerprint density at radius 3 is 2.33 bits per heavy atom. The summed E-state index contributed by atoms with van der Waals surface area (Å²) in [5, 5.41) is 0. The van der Waals surface area contributed by atoms with Crippen LogP contribution in [0.5, 0.6) is 0 Å². The zero-order chi connectivity index (χ0) is 5.98. The molecule has 0 fully saturated rings. The highest BCUT2D eigenvalue weighted by molar-refractivity contribution is 5.85. The molecule has 0 spiro atoms. The summed E-state index contributed by atoms with van der Waals surface area (Å²) in [5.41, 5.74) is 0. The van der Waals surface area contributed by atoms with E-state index in [1.54, 1.807) is 0 Å². The zero-order valence-corrected chi connectivity index (χ0v) is 5.16. The molecule has 4 heteroatoms. The van der Waals surface area contributed by atoms with Crippen LogP contribution in [-0.4, -0.2) is 4.98 Å². The number of pyridine rings is 1. The van der Waals surface area contributed by atoms with Crippen molar-refractivity contribution in [3.8, 4) is 0 Å².